The maximum Gasteiger partial charge on any atom is 0.0711 e. The molecule has 0 fully saturated rings. The number of rotatable bonds is 2. The van der Waals surface area contributed by atoms with Gasteiger partial charge in [-0.25, -0.2) is 0 Å². The van der Waals surface area contributed by atoms with Crippen LogP contribution in [-0.2, 0) is 12.5 Å². The Morgan fingerprint density at radius 1 is 1.43 bits per heavy atom. The van der Waals surface area contributed by atoms with Gasteiger partial charge in [-0.05, 0) is 38.5 Å². The Labute approximate surface area is 99.4 Å². The van der Waals surface area contributed by atoms with Crippen molar-refractivity contribution in [3.05, 3.63) is 33.1 Å². The van der Waals surface area contributed by atoms with Crippen molar-refractivity contribution >= 4 is 49.0 Å². The third kappa shape index (κ3) is 1.70. The number of halogens is 2. The molecular formula is C10H8BrClOS. The normalized spacial score (nSPS) is 11.1. The number of hydrogen-bond acceptors (Lipinski definition) is 2. The molecule has 0 amide bonds. The van der Waals surface area contributed by atoms with Crippen LogP contribution in [0.2, 0.25) is 0 Å². The number of aliphatic hydroxyl groups excluding tert-OH is 1. The van der Waals surface area contributed by atoms with Crippen LogP contribution in [0.15, 0.2) is 22.0 Å². The first kappa shape index (κ1) is 10.4. The second-order valence-corrected chi connectivity index (χ2v) is 5.66. The molecule has 0 saturated heterocycles. The predicted molar refractivity (Wildman–Crippen MR) is 65.0 cm³/mol. The van der Waals surface area contributed by atoms with Gasteiger partial charge in [0.25, 0.3) is 0 Å². The van der Waals surface area contributed by atoms with Gasteiger partial charge in [0.05, 0.1) is 10.4 Å². The molecule has 2 aromatic rings. The highest BCUT2D eigenvalue weighted by Gasteiger charge is 2.08. The summed E-state index contributed by atoms with van der Waals surface area (Å²) in [5, 5.41) is 10.3. The van der Waals surface area contributed by atoms with Crippen LogP contribution in [0.5, 0.6) is 0 Å². The molecule has 1 N–H and O–H groups in total. The zero-order chi connectivity index (χ0) is 10.1. The molecular weight excluding hydrogens is 284 g/mol. The lowest BCUT2D eigenvalue weighted by molar-refractivity contribution is 0.281. The Balaban J connectivity index is 2.75. The van der Waals surface area contributed by atoms with Gasteiger partial charge in [0.1, 0.15) is 0 Å². The third-order valence-corrected chi connectivity index (χ3v) is 4.14. The van der Waals surface area contributed by atoms with Crippen LogP contribution in [0.1, 0.15) is 11.1 Å². The molecule has 0 saturated carbocycles. The maximum absolute atomic E-state index is 9.15. The Hall–Kier alpha value is -0.0900. The van der Waals surface area contributed by atoms with Crippen LogP contribution < -0.4 is 0 Å². The summed E-state index contributed by atoms with van der Waals surface area (Å²) in [5.41, 5.74) is 1.96. The fourth-order valence-electron chi connectivity index (χ4n) is 1.46. The van der Waals surface area contributed by atoms with E-state index in [1.807, 2.05) is 12.1 Å². The van der Waals surface area contributed by atoms with Gasteiger partial charge in [-0.2, -0.15) is 0 Å². The summed E-state index contributed by atoms with van der Waals surface area (Å²) < 4.78 is 2.26. The lowest BCUT2D eigenvalue weighted by atomic mass is 10.1. The first-order chi connectivity index (χ1) is 6.76. The van der Waals surface area contributed by atoms with E-state index in [9.17, 15) is 0 Å². The molecule has 0 unspecified atom stereocenters. The van der Waals surface area contributed by atoms with Crippen molar-refractivity contribution in [2.24, 2.45) is 0 Å². The molecule has 1 aromatic heterocycles. The van der Waals surface area contributed by atoms with Gasteiger partial charge in [0, 0.05) is 10.6 Å². The summed E-state index contributed by atoms with van der Waals surface area (Å²) in [6.07, 6.45) is 0. The molecule has 0 atom stereocenters. The Morgan fingerprint density at radius 2 is 2.21 bits per heavy atom. The first-order valence-electron chi connectivity index (χ1n) is 4.13. The molecule has 0 bridgehead atoms. The summed E-state index contributed by atoms with van der Waals surface area (Å²) in [6, 6.07) is 6.01. The van der Waals surface area contributed by atoms with E-state index in [0.717, 1.165) is 14.9 Å². The van der Waals surface area contributed by atoms with Gasteiger partial charge in [-0.3, -0.25) is 0 Å². The molecule has 0 aliphatic heterocycles. The highest BCUT2D eigenvalue weighted by Crippen LogP contribution is 2.34. The smallest absolute Gasteiger partial charge is 0.0711 e. The number of benzene rings is 1. The molecule has 0 aliphatic carbocycles. The van der Waals surface area contributed by atoms with E-state index in [1.165, 1.54) is 10.1 Å². The van der Waals surface area contributed by atoms with Gasteiger partial charge in [-0.15, -0.1) is 22.9 Å². The highest BCUT2D eigenvalue weighted by molar-refractivity contribution is 9.11. The van der Waals surface area contributed by atoms with Crippen molar-refractivity contribution in [3.63, 3.8) is 0 Å². The minimum Gasteiger partial charge on any atom is -0.392 e. The molecule has 2 rings (SSSR count). The molecule has 14 heavy (non-hydrogen) atoms. The van der Waals surface area contributed by atoms with Crippen molar-refractivity contribution in [2.45, 2.75) is 12.5 Å². The zero-order valence-corrected chi connectivity index (χ0v) is 10.4. The molecule has 0 radical (unpaired) electrons. The number of hydrogen-bond donors (Lipinski definition) is 1. The largest absolute Gasteiger partial charge is 0.392 e. The SMILES string of the molecule is OCc1ccc2cc(Br)sc2c1CCl. The molecule has 0 aliphatic rings. The van der Waals surface area contributed by atoms with Gasteiger partial charge >= 0.3 is 0 Å². The molecule has 4 heteroatoms. The fraction of sp³-hybridized carbons (Fsp3) is 0.200. The van der Waals surface area contributed by atoms with Crippen molar-refractivity contribution < 1.29 is 5.11 Å². The van der Waals surface area contributed by atoms with Crippen LogP contribution >= 0.6 is 38.9 Å². The summed E-state index contributed by atoms with van der Waals surface area (Å²) in [5.74, 6) is 0.445. The molecule has 1 nitrogen and oxygen atoms in total. The number of thiophene rings is 1. The number of fused-ring (bicyclic) bond motifs is 1. The standard InChI is InChI=1S/C10H8BrClOS/c11-9-3-6-1-2-7(5-13)8(4-12)10(6)14-9/h1-3,13H,4-5H2. The summed E-state index contributed by atoms with van der Waals surface area (Å²) in [4.78, 5) is 0. The monoisotopic (exact) mass is 290 g/mol. The van der Waals surface area contributed by atoms with Crippen molar-refractivity contribution in [1.82, 2.24) is 0 Å². The molecule has 1 aromatic carbocycles. The minimum atomic E-state index is 0.0491. The summed E-state index contributed by atoms with van der Waals surface area (Å²) in [7, 11) is 0. The molecule has 1 heterocycles. The van der Waals surface area contributed by atoms with Crippen molar-refractivity contribution in [3.8, 4) is 0 Å². The van der Waals surface area contributed by atoms with Gasteiger partial charge in [-0.1, -0.05) is 12.1 Å². The van der Waals surface area contributed by atoms with Crippen molar-refractivity contribution in [2.75, 3.05) is 0 Å². The van der Waals surface area contributed by atoms with E-state index in [1.54, 1.807) is 11.3 Å². The first-order valence-corrected chi connectivity index (χ1v) is 6.27. The Kier molecular flexibility index (Phi) is 3.12. The van der Waals surface area contributed by atoms with E-state index >= 15 is 0 Å². The van der Waals surface area contributed by atoms with Gasteiger partial charge < -0.3 is 5.11 Å². The lowest BCUT2D eigenvalue weighted by Gasteiger charge is -2.04. The van der Waals surface area contributed by atoms with Crippen molar-refractivity contribution in [1.29, 1.82) is 0 Å². The van der Waals surface area contributed by atoms with Gasteiger partial charge in [0.15, 0.2) is 0 Å². The topological polar surface area (TPSA) is 20.2 Å². The Bertz CT molecular complexity index is 466. The van der Waals surface area contributed by atoms with Crippen LogP contribution in [0.25, 0.3) is 10.1 Å². The summed E-state index contributed by atoms with van der Waals surface area (Å²) >= 11 is 11.0. The minimum absolute atomic E-state index is 0.0491. The molecule has 0 spiro atoms. The van der Waals surface area contributed by atoms with E-state index < -0.39 is 0 Å². The van der Waals surface area contributed by atoms with E-state index in [-0.39, 0.29) is 6.61 Å². The average Bonchev–Trinajstić information content (AvgIpc) is 2.56. The van der Waals surface area contributed by atoms with Gasteiger partial charge in [0.2, 0.25) is 0 Å². The third-order valence-electron chi connectivity index (χ3n) is 2.16. The van der Waals surface area contributed by atoms with E-state index in [4.69, 9.17) is 16.7 Å². The van der Waals surface area contributed by atoms with E-state index in [0.29, 0.717) is 5.88 Å². The number of aliphatic hydroxyl groups is 1. The second kappa shape index (κ2) is 4.19. The van der Waals surface area contributed by atoms with E-state index in [2.05, 4.69) is 22.0 Å². The van der Waals surface area contributed by atoms with Crippen LogP contribution in [0.4, 0.5) is 0 Å². The highest BCUT2D eigenvalue weighted by atomic mass is 79.9. The van der Waals surface area contributed by atoms with Crippen LogP contribution in [0.3, 0.4) is 0 Å². The Morgan fingerprint density at radius 3 is 2.86 bits per heavy atom. The zero-order valence-electron chi connectivity index (χ0n) is 7.26. The predicted octanol–water partition coefficient (Wildman–Crippen LogP) is 3.89. The second-order valence-electron chi connectivity index (χ2n) is 2.96. The fourth-order valence-corrected chi connectivity index (χ4v) is 3.53. The maximum atomic E-state index is 9.15. The summed E-state index contributed by atoms with van der Waals surface area (Å²) in [6.45, 7) is 0.0491. The molecule has 74 valence electrons. The average molecular weight is 292 g/mol. The lowest BCUT2D eigenvalue weighted by Crippen LogP contribution is -1.90. The van der Waals surface area contributed by atoms with Crippen LogP contribution in [0, 0.1) is 0 Å². The number of alkyl halides is 1. The quantitative estimate of drug-likeness (QED) is 0.832. The van der Waals surface area contributed by atoms with Crippen LogP contribution in [-0.4, -0.2) is 5.11 Å².